The van der Waals surface area contributed by atoms with E-state index in [1.54, 1.807) is 35.6 Å². The van der Waals surface area contributed by atoms with Gasteiger partial charge in [0.1, 0.15) is 6.04 Å². The Hall–Kier alpha value is -3.48. The van der Waals surface area contributed by atoms with E-state index in [1.807, 2.05) is 54.0 Å². The fraction of sp³-hybridized carbons (Fsp3) is 0.273. The van der Waals surface area contributed by atoms with Gasteiger partial charge < -0.3 is 14.4 Å². The highest BCUT2D eigenvalue weighted by molar-refractivity contribution is 5.95. The molecule has 2 amide bonds. The van der Waals surface area contributed by atoms with Crippen molar-refractivity contribution in [3.05, 3.63) is 83.7 Å². The van der Waals surface area contributed by atoms with Crippen molar-refractivity contribution in [3.8, 4) is 0 Å². The first-order valence-electron chi connectivity index (χ1n) is 9.54. The second kappa shape index (κ2) is 7.87. The Labute approximate surface area is 169 Å². The van der Waals surface area contributed by atoms with E-state index in [0.29, 0.717) is 25.2 Å². The van der Waals surface area contributed by atoms with Crippen molar-refractivity contribution < 1.29 is 9.59 Å². The average Bonchev–Trinajstić information content (AvgIpc) is 3.21. The molecule has 148 valence electrons. The highest BCUT2D eigenvalue weighted by atomic mass is 16.2. The van der Waals surface area contributed by atoms with Crippen molar-refractivity contribution in [2.75, 3.05) is 13.6 Å². The Morgan fingerprint density at radius 2 is 2.07 bits per heavy atom. The average molecular weight is 389 g/mol. The lowest BCUT2D eigenvalue weighted by Crippen LogP contribution is -2.46. The van der Waals surface area contributed by atoms with Gasteiger partial charge in [-0.1, -0.05) is 23.8 Å². The van der Waals surface area contributed by atoms with Crippen molar-refractivity contribution in [1.29, 1.82) is 0 Å². The van der Waals surface area contributed by atoms with Crippen LogP contribution in [0.15, 0.2) is 61.2 Å². The highest BCUT2D eigenvalue weighted by Gasteiger charge is 2.34. The van der Waals surface area contributed by atoms with Gasteiger partial charge in [-0.3, -0.25) is 14.6 Å². The number of fused-ring (bicyclic) bond motifs is 1. The molecule has 4 rings (SSSR count). The van der Waals surface area contributed by atoms with Gasteiger partial charge in [0.2, 0.25) is 5.91 Å². The van der Waals surface area contributed by atoms with Crippen LogP contribution in [0.25, 0.3) is 0 Å². The number of imidazole rings is 1. The molecular formula is C22H23N5O2. The number of aromatic nitrogens is 3. The van der Waals surface area contributed by atoms with Gasteiger partial charge in [0.25, 0.3) is 5.91 Å². The van der Waals surface area contributed by atoms with E-state index in [-0.39, 0.29) is 11.8 Å². The zero-order chi connectivity index (χ0) is 20.4. The Morgan fingerprint density at radius 1 is 1.21 bits per heavy atom. The van der Waals surface area contributed by atoms with Crippen LogP contribution >= 0.6 is 0 Å². The molecule has 0 fully saturated rings. The number of hydrogen-bond donors (Lipinski definition) is 0. The molecule has 0 saturated carbocycles. The van der Waals surface area contributed by atoms with Crippen LogP contribution < -0.4 is 0 Å². The van der Waals surface area contributed by atoms with Gasteiger partial charge >= 0.3 is 0 Å². The molecule has 1 aliphatic heterocycles. The lowest BCUT2D eigenvalue weighted by Gasteiger charge is -2.35. The van der Waals surface area contributed by atoms with E-state index in [9.17, 15) is 9.59 Å². The van der Waals surface area contributed by atoms with Gasteiger partial charge in [0.15, 0.2) is 0 Å². The molecule has 2 aromatic heterocycles. The van der Waals surface area contributed by atoms with Gasteiger partial charge in [-0.15, -0.1) is 0 Å². The van der Waals surface area contributed by atoms with E-state index in [1.165, 1.54) is 0 Å². The summed E-state index contributed by atoms with van der Waals surface area (Å²) in [6, 6.07) is 12.6. The lowest BCUT2D eigenvalue weighted by atomic mass is 10.1. The van der Waals surface area contributed by atoms with Gasteiger partial charge in [-0.25, -0.2) is 4.98 Å². The summed E-state index contributed by atoms with van der Waals surface area (Å²) >= 11 is 0. The second-order valence-electron chi connectivity index (χ2n) is 7.38. The van der Waals surface area contributed by atoms with Crippen LogP contribution in [0, 0.1) is 6.92 Å². The third-order valence-electron chi connectivity index (χ3n) is 5.17. The summed E-state index contributed by atoms with van der Waals surface area (Å²) < 4.78 is 1.87. The quantitative estimate of drug-likeness (QED) is 0.687. The number of carbonyl (C=O) groups excluding carboxylic acids is 2. The zero-order valence-corrected chi connectivity index (χ0v) is 16.5. The monoisotopic (exact) mass is 389 g/mol. The minimum absolute atomic E-state index is 0.0726. The van der Waals surface area contributed by atoms with E-state index >= 15 is 0 Å². The molecule has 7 heteroatoms. The van der Waals surface area contributed by atoms with Crippen molar-refractivity contribution >= 4 is 11.8 Å². The molecule has 7 nitrogen and oxygen atoms in total. The third kappa shape index (κ3) is 3.89. The van der Waals surface area contributed by atoms with Crippen LogP contribution in [0.3, 0.4) is 0 Å². The number of rotatable bonds is 4. The maximum absolute atomic E-state index is 13.2. The molecule has 1 atom stereocenters. The van der Waals surface area contributed by atoms with Crippen LogP contribution in [0.1, 0.15) is 33.4 Å². The van der Waals surface area contributed by atoms with Crippen LogP contribution in [-0.4, -0.2) is 49.7 Å². The van der Waals surface area contributed by atoms with E-state index in [0.717, 1.165) is 17.0 Å². The largest absolute Gasteiger partial charge is 0.338 e. The summed E-state index contributed by atoms with van der Waals surface area (Å²) in [6.07, 6.45) is 5.10. The van der Waals surface area contributed by atoms with E-state index in [2.05, 4.69) is 9.97 Å². The fourth-order valence-corrected chi connectivity index (χ4v) is 3.67. The first-order chi connectivity index (χ1) is 14.0. The molecule has 3 heterocycles. The lowest BCUT2D eigenvalue weighted by molar-refractivity contribution is -0.135. The van der Waals surface area contributed by atoms with Crippen molar-refractivity contribution in [2.24, 2.45) is 0 Å². The molecule has 0 spiro atoms. The number of benzene rings is 1. The third-order valence-corrected chi connectivity index (χ3v) is 5.17. The predicted octanol–water partition coefficient (Wildman–Crippen LogP) is 2.44. The molecule has 0 radical (unpaired) electrons. The molecule has 1 aromatic carbocycles. The van der Waals surface area contributed by atoms with Crippen LogP contribution in [0.2, 0.25) is 0 Å². The molecule has 29 heavy (non-hydrogen) atoms. The van der Waals surface area contributed by atoms with Crippen LogP contribution in [0.4, 0.5) is 0 Å². The molecule has 0 saturated heterocycles. The summed E-state index contributed by atoms with van der Waals surface area (Å²) in [5.41, 5.74) is 3.33. The number of amides is 2. The summed E-state index contributed by atoms with van der Waals surface area (Å²) in [6.45, 7) is 3.11. The van der Waals surface area contributed by atoms with Gasteiger partial charge in [0.05, 0.1) is 37.3 Å². The van der Waals surface area contributed by atoms with Crippen molar-refractivity contribution in [2.45, 2.75) is 26.1 Å². The molecule has 1 aliphatic rings. The predicted molar refractivity (Wildman–Crippen MR) is 108 cm³/mol. The SMILES string of the molecule is Cc1cccc(C(=O)N2Cc3cncn3[C@H](C(=O)N(C)Cc3ccccn3)C2)c1. The standard InChI is InChI=1S/C22H23N5O2/c1-16-6-5-7-17(10-16)21(28)26-13-19-11-23-15-27(19)20(14-26)22(29)25(2)12-18-8-3-4-9-24-18/h3-11,15,20H,12-14H2,1-2H3/t20-/m0/s1. The van der Waals surface area contributed by atoms with Crippen LogP contribution in [-0.2, 0) is 17.9 Å². The number of hydrogen-bond acceptors (Lipinski definition) is 4. The Kier molecular flexibility index (Phi) is 5.12. The van der Waals surface area contributed by atoms with Gasteiger partial charge in [0, 0.05) is 25.0 Å². The topological polar surface area (TPSA) is 71.3 Å². The summed E-state index contributed by atoms with van der Waals surface area (Å²) in [4.78, 5) is 38.2. The number of carbonyl (C=O) groups is 2. The summed E-state index contributed by atoms with van der Waals surface area (Å²) in [5, 5.41) is 0. The zero-order valence-electron chi connectivity index (χ0n) is 16.5. The number of nitrogens with zero attached hydrogens (tertiary/aromatic N) is 5. The molecule has 0 unspecified atom stereocenters. The van der Waals surface area contributed by atoms with E-state index in [4.69, 9.17) is 0 Å². The minimum Gasteiger partial charge on any atom is -0.338 e. The first kappa shape index (κ1) is 18.9. The Morgan fingerprint density at radius 3 is 2.83 bits per heavy atom. The number of pyridine rings is 1. The molecule has 0 bridgehead atoms. The highest BCUT2D eigenvalue weighted by Crippen LogP contribution is 2.24. The summed E-state index contributed by atoms with van der Waals surface area (Å²) in [7, 11) is 1.76. The minimum atomic E-state index is -0.510. The Bertz CT molecular complexity index is 1030. The van der Waals surface area contributed by atoms with E-state index < -0.39 is 6.04 Å². The fourth-order valence-electron chi connectivity index (χ4n) is 3.67. The maximum atomic E-state index is 13.2. The molecule has 3 aromatic rings. The van der Waals surface area contributed by atoms with Gasteiger partial charge in [-0.2, -0.15) is 0 Å². The summed E-state index contributed by atoms with van der Waals surface area (Å²) in [5.74, 6) is -0.150. The smallest absolute Gasteiger partial charge is 0.254 e. The van der Waals surface area contributed by atoms with Gasteiger partial charge in [-0.05, 0) is 31.2 Å². The first-order valence-corrected chi connectivity index (χ1v) is 9.54. The number of likely N-dealkylation sites (N-methyl/N-ethyl adjacent to an activating group) is 1. The molecule has 0 aliphatic carbocycles. The van der Waals surface area contributed by atoms with Crippen molar-refractivity contribution in [3.63, 3.8) is 0 Å². The Balaban J connectivity index is 1.56. The normalized spacial score (nSPS) is 15.7. The maximum Gasteiger partial charge on any atom is 0.254 e. The second-order valence-corrected chi connectivity index (χ2v) is 7.38. The van der Waals surface area contributed by atoms with Crippen molar-refractivity contribution in [1.82, 2.24) is 24.3 Å². The number of aryl methyl sites for hydroxylation is 1. The molecular weight excluding hydrogens is 366 g/mol. The molecule has 0 N–H and O–H groups in total. The van der Waals surface area contributed by atoms with Crippen LogP contribution in [0.5, 0.6) is 0 Å².